The van der Waals surface area contributed by atoms with Gasteiger partial charge in [-0.15, -0.1) is 0 Å². The predicted molar refractivity (Wildman–Crippen MR) is 129 cm³/mol. The monoisotopic (exact) mass is 514 g/mol. The number of aromatic nitrogens is 3. The molecular formula is C25H25F3N6O3. The Labute approximate surface area is 209 Å². The molecule has 0 aliphatic carbocycles. The minimum absolute atomic E-state index is 0.0215. The van der Waals surface area contributed by atoms with E-state index in [1.54, 1.807) is 16.7 Å². The molecule has 194 valence electrons. The van der Waals surface area contributed by atoms with E-state index in [0.717, 1.165) is 12.5 Å². The van der Waals surface area contributed by atoms with Crippen molar-refractivity contribution in [3.05, 3.63) is 63.5 Å². The third-order valence-electron chi connectivity index (χ3n) is 7.38. The Kier molecular flexibility index (Phi) is 5.92. The highest BCUT2D eigenvalue weighted by Crippen LogP contribution is 2.40. The number of pyridine rings is 1. The van der Waals surface area contributed by atoms with Crippen LogP contribution in [0.3, 0.4) is 0 Å². The van der Waals surface area contributed by atoms with Crippen LogP contribution < -0.4 is 10.9 Å². The number of rotatable bonds is 5. The van der Waals surface area contributed by atoms with E-state index < -0.39 is 40.9 Å². The molecule has 5 rings (SSSR count). The first kappa shape index (κ1) is 24.7. The Morgan fingerprint density at radius 2 is 1.86 bits per heavy atom. The number of benzene rings is 1. The zero-order valence-corrected chi connectivity index (χ0v) is 20.5. The number of amides is 2. The van der Waals surface area contributed by atoms with Crippen LogP contribution in [0.4, 0.5) is 19.0 Å². The van der Waals surface area contributed by atoms with Crippen LogP contribution in [0.25, 0.3) is 11.0 Å². The van der Waals surface area contributed by atoms with Gasteiger partial charge in [0.05, 0.1) is 22.5 Å². The van der Waals surface area contributed by atoms with E-state index in [9.17, 15) is 27.6 Å². The first-order valence-electron chi connectivity index (χ1n) is 11.8. The Hall–Kier alpha value is -3.96. The molecule has 1 spiro atoms. The van der Waals surface area contributed by atoms with Crippen LogP contribution in [0.5, 0.6) is 0 Å². The zero-order valence-electron chi connectivity index (χ0n) is 20.5. The van der Waals surface area contributed by atoms with Crippen molar-refractivity contribution in [3.63, 3.8) is 0 Å². The molecule has 2 aromatic heterocycles. The van der Waals surface area contributed by atoms with Crippen LogP contribution in [0.2, 0.25) is 0 Å². The van der Waals surface area contributed by atoms with Gasteiger partial charge in [0.2, 0.25) is 5.91 Å². The Morgan fingerprint density at radius 1 is 1.16 bits per heavy atom. The van der Waals surface area contributed by atoms with Crippen molar-refractivity contribution in [3.8, 4) is 0 Å². The molecule has 0 radical (unpaired) electrons. The number of fused-ring (bicyclic) bond motifs is 1. The second-order valence-electron chi connectivity index (χ2n) is 9.61. The summed E-state index contributed by atoms with van der Waals surface area (Å²) in [6, 6.07) is 4.44. The number of hydrogen-bond donors (Lipinski definition) is 1. The summed E-state index contributed by atoms with van der Waals surface area (Å²) in [5.74, 6) is -1.31. The number of nitrogens with zero attached hydrogens (tertiary/aromatic N) is 5. The van der Waals surface area contributed by atoms with Gasteiger partial charge in [-0.25, -0.2) is 23.1 Å². The molecule has 0 saturated carbocycles. The normalized spacial score (nSPS) is 17.1. The SMILES string of the molecule is CC(=O)N1CC2(CCN2C(=O)c2cc3c(N[C@H](C)c4cccc(C(F)F)c4F)ncnc3n(C)c2=O)C1. The molecule has 2 amide bonds. The fourth-order valence-corrected chi connectivity index (χ4v) is 5.11. The summed E-state index contributed by atoms with van der Waals surface area (Å²) in [5.41, 5.74) is -1.50. The number of halogens is 3. The maximum atomic E-state index is 14.7. The van der Waals surface area contributed by atoms with E-state index in [-0.39, 0.29) is 28.5 Å². The average Bonchev–Trinajstić information content (AvgIpc) is 2.79. The number of hydrogen-bond acceptors (Lipinski definition) is 6. The van der Waals surface area contributed by atoms with Gasteiger partial charge in [-0.05, 0) is 19.4 Å². The summed E-state index contributed by atoms with van der Waals surface area (Å²) in [5, 5.41) is 3.36. The number of carbonyl (C=O) groups is 2. The number of nitrogens with one attached hydrogen (secondary N) is 1. The van der Waals surface area contributed by atoms with Gasteiger partial charge < -0.3 is 15.1 Å². The fourth-order valence-electron chi connectivity index (χ4n) is 5.11. The van der Waals surface area contributed by atoms with Gasteiger partial charge in [0.1, 0.15) is 29.2 Å². The summed E-state index contributed by atoms with van der Waals surface area (Å²) in [4.78, 5) is 49.9. The molecule has 2 aliphatic rings. The van der Waals surface area contributed by atoms with Crippen molar-refractivity contribution >= 4 is 28.7 Å². The second-order valence-corrected chi connectivity index (χ2v) is 9.61. The summed E-state index contributed by atoms with van der Waals surface area (Å²) >= 11 is 0. The van der Waals surface area contributed by atoms with Crippen LogP contribution in [0.15, 0.2) is 35.4 Å². The molecule has 2 fully saturated rings. The molecule has 2 aliphatic heterocycles. The van der Waals surface area contributed by atoms with Crippen LogP contribution in [0.1, 0.15) is 54.2 Å². The Bertz CT molecular complexity index is 1480. The lowest BCUT2D eigenvalue weighted by molar-refractivity contribution is -0.151. The summed E-state index contributed by atoms with van der Waals surface area (Å²) in [6.07, 6.45) is -0.995. The third-order valence-corrected chi connectivity index (χ3v) is 7.38. The number of carbonyl (C=O) groups excluding carboxylic acids is 2. The third kappa shape index (κ3) is 3.91. The van der Waals surface area contributed by atoms with Gasteiger partial charge in [0.25, 0.3) is 17.9 Å². The summed E-state index contributed by atoms with van der Waals surface area (Å²) in [6.45, 7) is 4.40. The van der Waals surface area contributed by atoms with Gasteiger partial charge in [-0.2, -0.15) is 0 Å². The number of anilines is 1. The first-order valence-corrected chi connectivity index (χ1v) is 11.8. The van der Waals surface area contributed by atoms with Gasteiger partial charge in [-0.3, -0.25) is 19.0 Å². The minimum Gasteiger partial charge on any atom is -0.363 e. The molecule has 1 N–H and O–H groups in total. The summed E-state index contributed by atoms with van der Waals surface area (Å²) < 4.78 is 42.3. The maximum Gasteiger partial charge on any atom is 0.266 e. The minimum atomic E-state index is -2.96. The molecule has 0 unspecified atom stereocenters. The van der Waals surface area contributed by atoms with Crippen molar-refractivity contribution in [2.75, 3.05) is 25.0 Å². The van der Waals surface area contributed by atoms with Gasteiger partial charge in [0, 0.05) is 39.2 Å². The largest absolute Gasteiger partial charge is 0.363 e. The van der Waals surface area contributed by atoms with Gasteiger partial charge in [-0.1, -0.05) is 18.2 Å². The lowest BCUT2D eigenvalue weighted by Crippen LogP contribution is -2.78. The van der Waals surface area contributed by atoms with Crippen LogP contribution >= 0.6 is 0 Å². The van der Waals surface area contributed by atoms with Crippen molar-refractivity contribution < 1.29 is 22.8 Å². The highest BCUT2D eigenvalue weighted by molar-refractivity contribution is 6.00. The van der Waals surface area contributed by atoms with E-state index in [2.05, 4.69) is 15.3 Å². The molecule has 0 bridgehead atoms. The van der Waals surface area contributed by atoms with Crippen molar-refractivity contribution in [1.82, 2.24) is 24.3 Å². The molecule has 2 saturated heterocycles. The Morgan fingerprint density at radius 3 is 2.49 bits per heavy atom. The molecule has 4 heterocycles. The van der Waals surface area contributed by atoms with E-state index in [1.165, 1.54) is 43.1 Å². The van der Waals surface area contributed by atoms with E-state index in [0.29, 0.717) is 25.0 Å². The fraction of sp³-hybridized carbons (Fsp3) is 0.400. The van der Waals surface area contributed by atoms with Gasteiger partial charge in [0.15, 0.2) is 0 Å². The predicted octanol–water partition coefficient (Wildman–Crippen LogP) is 3.03. The van der Waals surface area contributed by atoms with Crippen molar-refractivity contribution in [2.24, 2.45) is 7.05 Å². The average molecular weight is 515 g/mol. The van der Waals surface area contributed by atoms with Crippen molar-refractivity contribution in [2.45, 2.75) is 38.3 Å². The highest BCUT2D eigenvalue weighted by atomic mass is 19.3. The second kappa shape index (κ2) is 8.86. The molecule has 9 nitrogen and oxygen atoms in total. The van der Waals surface area contributed by atoms with E-state index in [4.69, 9.17) is 0 Å². The molecule has 12 heteroatoms. The smallest absolute Gasteiger partial charge is 0.266 e. The van der Waals surface area contributed by atoms with Gasteiger partial charge >= 0.3 is 0 Å². The van der Waals surface area contributed by atoms with E-state index >= 15 is 0 Å². The molecule has 1 aromatic carbocycles. The molecule has 37 heavy (non-hydrogen) atoms. The Balaban J connectivity index is 1.49. The zero-order chi connectivity index (χ0) is 26.6. The van der Waals surface area contributed by atoms with Crippen molar-refractivity contribution in [1.29, 1.82) is 0 Å². The van der Waals surface area contributed by atoms with Crippen LogP contribution in [0, 0.1) is 5.82 Å². The maximum absolute atomic E-state index is 14.7. The van der Waals surface area contributed by atoms with Crippen LogP contribution in [-0.4, -0.2) is 61.3 Å². The van der Waals surface area contributed by atoms with E-state index in [1.807, 2.05) is 0 Å². The number of alkyl halides is 2. The number of aryl methyl sites for hydroxylation is 1. The molecular weight excluding hydrogens is 489 g/mol. The quantitative estimate of drug-likeness (QED) is 0.562. The lowest BCUT2D eigenvalue weighted by Gasteiger charge is -2.62. The van der Waals surface area contributed by atoms with Crippen LogP contribution in [-0.2, 0) is 11.8 Å². The topological polar surface area (TPSA) is 100 Å². The first-order chi connectivity index (χ1) is 17.5. The summed E-state index contributed by atoms with van der Waals surface area (Å²) in [7, 11) is 1.49. The number of likely N-dealkylation sites (tertiary alicyclic amines) is 2. The molecule has 1 atom stereocenters. The molecule has 3 aromatic rings. The lowest BCUT2D eigenvalue weighted by atomic mass is 9.77. The highest BCUT2D eigenvalue weighted by Gasteiger charge is 2.56. The standard InChI is InChI=1S/C25H25F3N6O3/c1-13(15-5-4-6-16(19(15)26)20(27)28)31-21-17-9-18(23(36)32(3)22(17)30-12-29-21)24(37)34-8-7-25(34)10-33(11-25)14(2)35/h4-6,9,12-13,20H,7-8,10-11H2,1-3H3,(H,29,30,31)/t13-/m1/s1.